The first-order chi connectivity index (χ1) is 10.1. The number of carboxylic acid groups (broad SMARTS) is 1. The molecule has 0 saturated carbocycles. The van der Waals surface area contributed by atoms with E-state index in [1.807, 2.05) is 36.4 Å². The topological polar surface area (TPSA) is 89.1 Å². The van der Waals surface area contributed by atoms with Gasteiger partial charge >= 0.3 is 5.97 Å². The number of benzene rings is 2. The number of fused-ring (bicyclic) bond motifs is 1. The lowest BCUT2D eigenvalue weighted by molar-refractivity contribution is -0.136. The third-order valence-electron chi connectivity index (χ3n) is 3.28. The maximum absolute atomic E-state index is 10.8. The normalized spacial score (nSPS) is 10.7. The van der Waals surface area contributed by atoms with Gasteiger partial charge in [0.25, 0.3) is 0 Å². The van der Waals surface area contributed by atoms with Gasteiger partial charge in [0.1, 0.15) is 12.1 Å². The number of hydrogen-bond acceptors (Lipinski definition) is 4. The molecule has 3 aromatic rings. The highest BCUT2D eigenvalue weighted by Crippen LogP contribution is 2.26. The lowest BCUT2D eigenvalue weighted by atomic mass is 10.0. The average molecular weight is 279 g/mol. The first-order valence-corrected chi connectivity index (χ1v) is 6.45. The Morgan fingerprint density at radius 3 is 2.71 bits per heavy atom. The molecule has 21 heavy (non-hydrogen) atoms. The average Bonchev–Trinajstić information content (AvgIpc) is 2.47. The second kappa shape index (κ2) is 5.20. The highest BCUT2D eigenvalue weighted by atomic mass is 16.4. The molecule has 0 aliphatic carbocycles. The zero-order valence-corrected chi connectivity index (χ0v) is 11.2. The van der Waals surface area contributed by atoms with Crippen molar-refractivity contribution in [3.8, 4) is 11.1 Å². The first-order valence-electron chi connectivity index (χ1n) is 6.45. The molecule has 0 aliphatic rings. The molecule has 0 saturated heterocycles. The second-order valence-corrected chi connectivity index (χ2v) is 4.76. The molecule has 1 heterocycles. The number of rotatable bonds is 3. The van der Waals surface area contributed by atoms with E-state index in [0.717, 1.165) is 27.6 Å². The Hall–Kier alpha value is -2.95. The summed E-state index contributed by atoms with van der Waals surface area (Å²) < 4.78 is 0. The van der Waals surface area contributed by atoms with Crippen molar-refractivity contribution in [2.45, 2.75) is 6.42 Å². The molecule has 104 valence electrons. The zero-order valence-electron chi connectivity index (χ0n) is 11.2. The number of carboxylic acids is 1. The van der Waals surface area contributed by atoms with E-state index in [1.165, 1.54) is 6.33 Å². The van der Waals surface area contributed by atoms with Crippen LogP contribution in [0, 0.1) is 0 Å². The molecule has 5 nitrogen and oxygen atoms in total. The van der Waals surface area contributed by atoms with Crippen molar-refractivity contribution in [2.75, 3.05) is 5.73 Å². The van der Waals surface area contributed by atoms with Gasteiger partial charge in [0, 0.05) is 5.39 Å². The molecule has 2 aromatic carbocycles. The fraction of sp³-hybridized carbons (Fsp3) is 0.0625. The molecule has 0 amide bonds. The van der Waals surface area contributed by atoms with Crippen LogP contribution in [0.3, 0.4) is 0 Å². The van der Waals surface area contributed by atoms with E-state index < -0.39 is 5.97 Å². The molecule has 3 N–H and O–H groups in total. The van der Waals surface area contributed by atoms with Gasteiger partial charge in [-0.3, -0.25) is 4.79 Å². The Morgan fingerprint density at radius 2 is 1.90 bits per heavy atom. The van der Waals surface area contributed by atoms with Crippen LogP contribution in [0.5, 0.6) is 0 Å². The van der Waals surface area contributed by atoms with Gasteiger partial charge in [-0.15, -0.1) is 0 Å². The Balaban J connectivity index is 2.08. The van der Waals surface area contributed by atoms with Gasteiger partial charge in [0.2, 0.25) is 0 Å². The quantitative estimate of drug-likeness (QED) is 0.769. The second-order valence-electron chi connectivity index (χ2n) is 4.76. The van der Waals surface area contributed by atoms with Crippen molar-refractivity contribution in [3.63, 3.8) is 0 Å². The molecule has 0 fully saturated rings. The van der Waals surface area contributed by atoms with Crippen LogP contribution in [0.2, 0.25) is 0 Å². The van der Waals surface area contributed by atoms with Gasteiger partial charge in [-0.25, -0.2) is 9.97 Å². The highest BCUT2D eigenvalue weighted by Gasteiger charge is 2.06. The molecule has 0 unspecified atom stereocenters. The minimum atomic E-state index is -0.844. The van der Waals surface area contributed by atoms with E-state index in [4.69, 9.17) is 10.8 Å². The van der Waals surface area contributed by atoms with Gasteiger partial charge in [0.15, 0.2) is 0 Å². The predicted molar refractivity (Wildman–Crippen MR) is 80.7 cm³/mol. The minimum absolute atomic E-state index is 0.00662. The number of anilines is 1. The van der Waals surface area contributed by atoms with Crippen molar-refractivity contribution in [3.05, 3.63) is 54.4 Å². The van der Waals surface area contributed by atoms with E-state index in [9.17, 15) is 4.79 Å². The zero-order chi connectivity index (χ0) is 14.8. The van der Waals surface area contributed by atoms with E-state index in [2.05, 4.69) is 9.97 Å². The van der Waals surface area contributed by atoms with Gasteiger partial charge < -0.3 is 10.8 Å². The standard InChI is InChI=1S/C16H13N3O2/c17-16-13-8-12(4-5-14(13)18-9-19-16)11-3-1-2-10(6-11)7-15(20)21/h1-6,8-9H,7H2,(H,20,21)(H2,17,18,19). The van der Waals surface area contributed by atoms with E-state index in [-0.39, 0.29) is 6.42 Å². The summed E-state index contributed by atoms with van der Waals surface area (Å²) in [5.41, 5.74) is 9.32. The van der Waals surface area contributed by atoms with Crippen LogP contribution in [-0.2, 0) is 11.2 Å². The third-order valence-corrected chi connectivity index (χ3v) is 3.28. The summed E-state index contributed by atoms with van der Waals surface area (Å²) in [7, 11) is 0. The fourth-order valence-corrected chi connectivity index (χ4v) is 2.29. The lowest BCUT2D eigenvalue weighted by Gasteiger charge is -2.06. The minimum Gasteiger partial charge on any atom is -0.481 e. The summed E-state index contributed by atoms with van der Waals surface area (Å²) >= 11 is 0. The molecule has 0 aliphatic heterocycles. The SMILES string of the molecule is Nc1ncnc2ccc(-c3cccc(CC(=O)O)c3)cc12. The number of nitrogens with two attached hydrogens (primary N) is 1. The van der Waals surface area contributed by atoms with Gasteiger partial charge in [-0.1, -0.05) is 30.3 Å². The number of aliphatic carboxylic acids is 1. The van der Waals surface area contributed by atoms with E-state index in [1.54, 1.807) is 6.07 Å². The smallest absolute Gasteiger partial charge is 0.307 e. The molecule has 0 bridgehead atoms. The van der Waals surface area contributed by atoms with E-state index >= 15 is 0 Å². The fourth-order valence-electron chi connectivity index (χ4n) is 2.29. The van der Waals surface area contributed by atoms with E-state index in [0.29, 0.717) is 5.82 Å². The molecule has 1 aromatic heterocycles. The van der Waals surface area contributed by atoms with Crippen LogP contribution < -0.4 is 5.73 Å². The Labute approximate surface area is 121 Å². The summed E-state index contributed by atoms with van der Waals surface area (Å²) in [5.74, 6) is -0.410. The summed E-state index contributed by atoms with van der Waals surface area (Å²) in [6, 6.07) is 13.2. The van der Waals surface area contributed by atoms with Crippen molar-refractivity contribution in [1.82, 2.24) is 9.97 Å². The monoisotopic (exact) mass is 279 g/mol. The van der Waals surface area contributed by atoms with Crippen LogP contribution in [0.4, 0.5) is 5.82 Å². The third kappa shape index (κ3) is 2.67. The summed E-state index contributed by atoms with van der Waals surface area (Å²) in [5, 5.41) is 9.66. The number of nitrogen functional groups attached to an aromatic ring is 1. The largest absolute Gasteiger partial charge is 0.481 e. The van der Waals surface area contributed by atoms with Gasteiger partial charge in [-0.2, -0.15) is 0 Å². The Kier molecular flexibility index (Phi) is 3.23. The van der Waals surface area contributed by atoms with Crippen LogP contribution >= 0.6 is 0 Å². The van der Waals surface area contributed by atoms with Crippen molar-refractivity contribution < 1.29 is 9.90 Å². The maximum Gasteiger partial charge on any atom is 0.307 e. The van der Waals surface area contributed by atoms with Gasteiger partial charge in [0.05, 0.1) is 11.9 Å². The van der Waals surface area contributed by atoms with Gasteiger partial charge in [-0.05, 0) is 28.8 Å². The maximum atomic E-state index is 10.8. The van der Waals surface area contributed by atoms with Crippen molar-refractivity contribution in [1.29, 1.82) is 0 Å². The van der Waals surface area contributed by atoms with Crippen molar-refractivity contribution in [2.24, 2.45) is 0 Å². The molecule has 3 rings (SSSR count). The highest BCUT2D eigenvalue weighted by molar-refractivity contribution is 5.91. The molecular weight excluding hydrogens is 266 g/mol. The van der Waals surface area contributed by atoms with Crippen LogP contribution in [0.15, 0.2) is 48.8 Å². The number of nitrogens with zero attached hydrogens (tertiary/aromatic N) is 2. The molecule has 0 radical (unpaired) electrons. The molecule has 0 atom stereocenters. The number of aromatic nitrogens is 2. The summed E-state index contributed by atoms with van der Waals surface area (Å²) in [4.78, 5) is 19.0. The lowest BCUT2D eigenvalue weighted by Crippen LogP contribution is -1.99. The predicted octanol–water partition coefficient (Wildman–Crippen LogP) is 2.51. The van der Waals surface area contributed by atoms with Crippen LogP contribution in [0.1, 0.15) is 5.56 Å². The Morgan fingerprint density at radius 1 is 1.10 bits per heavy atom. The first kappa shape index (κ1) is 13.1. The number of carbonyl (C=O) groups is 1. The summed E-state index contributed by atoms with van der Waals surface area (Å²) in [6.07, 6.45) is 1.44. The summed E-state index contributed by atoms with van der Waals surface area (Å²) in [6.45, 7) is 0. The van der Waals surface area contributed by atoms with Crippen LogP contribution in [0.25, 0.3) is 22.0 Å². The molecule has 0 spiro atoms. The van der Waals surface area contributed by atoms with Crippen molar-refractivity contribution >= 4 is 22.7 Å². The van der Waals surface area contributed by atoms with Crippen LogP contribution in [-0.4, -0.2) is 21.0 Å². The molecule has 5 heteroatoms. The molecular formula is C16H13N3O2. The number of hydrogen-bond donors (Lipinski definition) is 2. The Bertz CT molecular complexity index is 831.